The molecule has 1 aromatic heterocycles. The summed E-state index contributed by atoms with van der Waals surface area (Å²) < 4.78 is 6.19. The molecule has 1 atom stereocenters. The van der Waals surface area contributed by atoms with Crippen LogP contribution in [-0.4, -0.2) is 61.3 Å². The van der Waals surface area contributed by atoms with Gasteiger partial charge < -0.3 is 15.0 Å². The van der Waals surface area contributed by atoms with Gasteiger partial charge in [0.2, 0.25) is 0 Å². The van der Waals surface area contributed by atoms with Crippen LogP contribution in [0.2, 0.25) is 0 Å². The summed E-state index contributed by atoms with van der Waals surface area (Å²) in [6.45, 7) is 6.12. The number of rotatable bonds is 3. The standard InChI is InChI=1S/C18H29N3O2S/c1-14-4-5-16(24-14)13-21-9-7-18(8-10-21)12-15(6-11-23-18)19-17(22)20(2)3/h4-5,15H,6-13H2,1-3H3,(H,19,22). The zero-order chi connectivity index (χ0) is 17.2. The fourth-order valence-corrected chi connectivity index (χ4v) is 4.65. The molecule has 1 spiro atoms. The zero-order valence-corrected chi connectivity index (χ0v) is 15.8. The van der Waals surface area contributed by atoms with Crippen molar-refractivity contribution in [2.75, 3.05) is 33.8 Å². The molecule has 1 unspecified atom stereocenters. The van der Waals surface area contributed by atoms with Crippen molar-refractivity contribution in [2.45, 2.75) is 50.8 Å². The van der Waals surface area contributed by atoms with Gasteiger partial charge >= 0.3 is 6.03 Å². The molecule has 3 rings (SSSR count). The average molecular weight is 352 g/mol. The van der Waals surface area contributed by atoms with Gasteiger partial charge in [-0.15, -0.1) is 11.3 Å². The SMILES string of the molecule is Cc1ccc(CN2CCC3(CC2)CC(NC(=O)N(C)C)CCO3)s1. The largest absolute Gasteiger partial charge is 0.375 e. The predicted molar refractivity (Wildman–Crippen MR) is 97.5 cm³/mol. The molecule has 6 heteroatoms. The Morgan fingerprint density at radius 1 is 1.42 bits per heavy atom. The maximum atomic E-state index is 11.9. The third kappa shape index (κ3) is 4.29. The highest BCUT2D eigenvalue weighted by Gasteiger charge is 2.40. The van der Waals surface area contributed by atoms with E-state index in [0.717, 1.165) is 51.9 Å². The minimum absolute atomic E-state index is 0.00236. The maximum absolute atomic E-state index is 11.9. The number of nitrogens with one attached hydrogen (secondary N) is 1. The highest BCUT2D eigenvalue weighted by molar-refractivity contribution is 7.11. The number of ether oxygens (including phenoxy) is 1. The van der Waals surface area contributed by atoms with Gasteiger partial charge in [-0.1, -0.05) is 0 Å². The lowest BCUT2D eigenvalue weighted by Gasteiger charge is -2.46. The van der Waals surface area contributed by atoms with Crippen LogP contribution in [0.3, 0.4) is 0 Å². The number of hydrogen-bond donors (Lipinski definition) is 1. The fraction of sp³-hybridized carbons (Fsp3) is 0.722. The number of nitrogens with zero attached hydrogens (tertiary/aromatic N) is 2. The van der Waals surface area contributed by atoms with Crippen LogP contribution in [0.25, 0.3) is 0 Å². The van der Waals surface area contributed by atoms with E-state index in [2.05, 4.69) is 29.3 Å². The topological polar surface area (TPSA) is 44.8 Å². The second-order valence-electron chi connectivity index (χ2n) is 7.35. The van der Waals surface area contributed by atoms with Gasteiger partial charge in [-0.2, -0.15) is 0 Å². The molecule has 24 heavy (non-hydrogen) atoms. The minimum atomic E-state index is -0.0373. The van der Waals surface area contributed by atoms with Crippen molar-refractivity contribution in [3.63, 3.8) is 0 Å². The van der Waals surface area contributed by atoms with Crippen LogP contribution >= 0.6 is 11.3 Å². The van der Waals surface area contributed by atoms with Crippen molar-refractivity contribution in [2.24, 2.45) is 0 Å². The Morgan fingerprint density at radius 3 is 2.79 bits per heavy atom. The van der Waals surface area contributed by atoms with Crippen LogP contribution in [0, 0.1) is 6.92 Å². The van der Waals surface area contributed by atoms with E-state index < -0.39 is 0 Å². The Balaban J connectivity index is 1.51. The van der Waals surface area contributed by atoms with Crippen molar-refractivity contribution in [3.05, 3.63) is 21.9 Å². The van der Waals surface area contributed by atoms with E-state index >= 15 is 0 Å². The number of likely N-dealkylation sites (tertiary alicyclic amines) is 1. The van der Waals surface area contributed by atoms with Crippen LogP contribution < -0.4 is 5.32 Å². The Kier molecular flexibility index (Phi) is 5.47. The summed E-state index contributed by atoms with van der Waals surface area (Å²) in [5.41, 5.74) is -0.0373. The molecule has 0 aliphatic carbocycles. The molecule has 5 nitrogen and oxygen atoms in total. The molecule has 1 N–H and O–H groups in total. The molecule has 2 fully saturated rings. The molecule has 2 aliphatic rings. The summed E-state index contributed by atoms with van der Waals surface area (Å²) in [5.74, 6) is 0. The van der Waals surface area contributed by atoms with Crippen LogP contribution in [0.5, 0.6) is 0 Å². The van der Waals surface area contributed by atoms with Crippen LogP contribution in [0.1, 0.15) is 35.4 Å². The monoisotopic (exact) mass is 351 g/mol. The second kappa shape index (κ2) is 7.42. The lowest BCUT2D eigenvalue weighted by atomic mass is 9.82. The van der Waals surface area contributed by atoms with E-state index in [0.29, 0.717) is 0 Å². The number of hydrogen-bond acceptors (Lipinski definition) is 4. The third-order valence-electron chi connectivity index (χ3n) is 5.17. The van der Waals surface area contributed by atoms with Gasteiger partial charge in [-0.25, -0.2) is 4.79 Å². The first kappa shape index (κ1) is 17.7. The van der Waals surface area contributed by atoms with Gasteiger partial charge in [-0.3, -0.25) is 4.90 Å². The number of carbonyl (C=O) groups is 1. The van der Waals surface area contributed by atoms with Gasteiger partial charge in [0.1, 0.15) is 0 Å². The summed E-state index contributed by atoms with van der Waals surface area (Å²) in [4.78, 5) is 18.9. The molecule has 2 saturated heterocycles. The molecule has 2 aliphatic heterocycles. The predicted octanol–water partition coefficient (Wildman–Crippen LogP) is 2.84. The number of carbonyl (C=O) groups excluding carboxylic acids is 1. The van der Waals surface area contributed by atoms with Gasteiger partial charge in [0.05, 0.1) is 5.60 Å². The van der Waals surface area contributed by atoms with Gasteiger partial charge in [0.15, 0.2) is 0 Å². The van der Waals surface area contributed by atoms with Crippen molar-refractivity contribution in [1.82, 2.24) is 15.1 Å². The van der Waals surface area contributed by atoms with Crippen molar-refractivity contribution in [3.8, 4) is 0 Å². The summed E-state index contributed by atoms with van der Waals surface area (Å²) in [6.07, 6.45) is 3.98. The number of amides is 2. The van der Waals surface area contributed by atoms with E-state index in [9.17, 15) is 4.79 Å². The van der Waals surface area contributed by atoms with E-state index in [4.69, 9.17) is 4.74 Å². The first-order chi connectivity index (χ1) is 11.5. The van der Waals surface area contributed by atoms with E-state index in [-0.39, 0.29) is 17.7 Å². The highest BCUT2D eigenvalue weighted by Crippen LogP contribution is 2.35. The first-order valence-electron chi connectivity index (χ1n) is 8.85. The summed E-state index contributed by atoms with van der Waals surface area (Å²) >= 11 is 1.89. The third-order valence-corrected chi connectivity index (χ3v) is 6.15. The van der Waals surface area contributed by atoms with Gasteiger partial charge in [0, 0.05) is 56.1 Å². The van der Waals surface area contributed by atoms with Crippen LogP contribution in [0.15, 0.2) is 12.1 Å². The number of urea groups is 1. The smallest absolute Gasteiger partial charge is 0.317 e. The Morgan fingerprint density at radius 2 is 2.17 bits per heavy atom. The second-order valence-corrected chi connectivity index (χ2v) is 8.73. The van der Waals surface area contributed by atoms with Crippen molar-refractivity contribution >= 4 is 17.4 Å². The van der Waals surface area contributed by atoms with E-state index in [1.165, 1.54) is 9.75 Å². The quantitative estimate of drug-likeness (QED) is 0.911. The van der Waals surface area contributed by atoms with E-state index in [1.807, 2.05) is 11.3 Å². The number of aryl methyl sites for hydroxylation is 1. The Hall–Kier alpha value is -1.11. The summed E-state index contributed by atoms with van der Waals surface area (Å²) in [5, 5.41) is 3.14. The molecular formula is C18H29N3O2S. The average Bonchev–Trinajstić information content (AvgIpc) is 2.95. The molecule has 0 saturated carbocycles. The summed E-state index contributed by atoms with van der Waals surface area (Å²) in [6, 6.07) is 4.69. The molecule has 3 heterocycles. The molecular weight excluding hydrogens is 322 g/mol. The van der Waals surface area contributed by atoms with E-state index in [1.54, 1.807) is 19.0 Å². The first-order valence-corrected chi connectivity index (χ1v) is 9.67. The molecule has 0 bridgehead atoms. The van der Waals surface area contributed by atoms with Crippen LogP contribution in [0.4, 0.5) is 4.79 Å². The molecule has 0 radical (unpaired) electrons. The van der Waals surface area contributed by atoms with Crippen LogP contribution in [-0.2, 0) is 11.3 Å². The lowest BCUT2D eigenvalue weighted by Crippen LogP contribution is -2.54. The number of thiophene rings is 1. The Bertz CT molecular complexity index is 564. The summed E-state index contributed by atoms with van der Waals surface area (Å²) in [7, 11) is 3.57. The normalized spacial score (nSPS) is 24.0. The fourth-order valence-electron chi connectivity index (χ4n) is 3.71. The molecule has 1 aromatic rings. The minimum Gasteiger partial charge on any atom is -0.375 e. The lowest BCUT2D eigenvalue weighted by molar-refractivity contribution is -0.119. The number of piperidine rings is 1. The maximum Gasteiger partial charge on any atom is 0.317 e. The molecule has 0 aromatic carbocycles. The molecule has 134 valence electrons. The van der Waals surface area contributed by atoms with Gasteiger partial charge in [0.25, 0.3) is 0 Å². The van der Waals surface area contributed by atoms with Crippen molar-refractivity contribution in [1.29, 1.82) is 0 Å². The van der Waals surface area contributed by atoms with Gasteiger partial charge in [-0.05, 0) is 44.7 Å². The zero-order valence-electron chi connectivity index (χ0n) is 15.0. The highest BCUT2D eigenvalue weighted by atomic mass is 32.1. The Labute approximate surface area is 149 Å². The molecule has 2 amide bonds. The van der Waals surface area contributed by atoms with Crippen molar-refractivity contribution < 1.29 is 9.53 Å².